The molecule has 4 bridgehead atoms. The second-order valence-corrected chi connectivity index (χ2v) is 17.7. The molecule has 7 aromatic rings. The average Bonchev–Trinajstić information content (AvgIpc) is 3.90. The molecule has 2 saturated carbocycles. The normalized spacial score (nSPS) is 24.7. The third-order valence-electron chi connectivity index (χ3n) is 15.4. The number of furan rings is 1. The van der Waals surface area contributed by atoms with Gasteiger partial charge in [-0.1, -0.05) is 97.6 Å². The number of para-hydroxylation sites is 2. The molecule has 55 heavy (non-hydrogen) atoms. The third kappa shape index (κ3) is 3.01. The van der Waals surface area contributed by atoms with Gasteiger partial charge in [0, 0.05) is 50.3 Å². The van der Waals surface area contributed by atoms with Crippen LogP contribution in [0.1, 0.15) is 54.4 Å². The molecule has 5 heteroatoms. The highest BCUT2D eigenvalue weighted by atomic mass is 16.3. The van der Waals surface area contributed by atoms with E-state index < -0.39 is 5.41 Å². The Morgan fingerprint density at radius 1 is 0.600 bits per heavy atom. The zero-order chi connectivity index (χ0) is 35.5. The van der Waals surface area contributed by atoms with Gasteiger partial charge in [-0.2, -0.15) is 0 Å². The predicted octanol–water partition coefficient (Wildman–Crippen LogP) is 10.4. The number of rotatable bonds is 0. The molecule has 260 valence electrons. The zero-order valence-corrected chi connectivity index (χ0v) is 30.4. The van der Waals surface area contributed by atoms with Crippen molar-refractivity contribution in [3.63, 3.8) is 0 Å². The number of fused-ring (bicyclic) bond motifs is 18. The van der Waals surface area contributed by atoms with E-state index in [1.54, 1.807) is 11.3 Å². The minimum atomic E-state index is -0.514. The molecule has 0 amide bonds. The molecule has 0 saturated heterocycles. The lowest BCUT2D eigenvalue weighted by atomic mass is 9.46. The van der Waals surface area contributed by atoms with Gasteiger partial charge >= 0.3 is 6.85 Å². The lowest BCUT2D eigenvalue weighted by Gasteiger charge is -2.48. The molecular formula is C50H36BN3O. The van der Waals surface area contributed by atoms with E-state index in [0.717, 1.165) is 23.0 Å². The standard InChI is InChI=1S/C50H36BN3O/c1-27-44-30-22-28-21-29(23-30)25-31(24-28)47(44)53-42-19-10-18-41-45(42)51(54(27)53)46-48-39(26-35-34-13-4-9-20-43(34)55-49(35)46)50(38-16-7-8-17-40(38)52(41)48)36-14-5-2-11-32(36)33-12-3-6-15-37(33)50/h2-20,26,28-31H,1,21-25H2. The van der Waals surface area contributed by atoms with Crippen molar-refractivity contribution in [2.75, 3.05) is 9.91 Å². The van der Waals surface area contributed by atoms with Crippen LogP contribution in [0.2, 0.25) is 0 Å². The van der Waals surface area contributed by atoms with Crippen LogP contribution in [0.5, 0.6) is 0 Å². The van der Waals surface area contributed by atoms with Crippen LogP contribution < -0.4 is 20.8 Å². The summed E-state index contributed by atoms with van der Waals surface area (Å²) in [4.78, 5) is 5.27. The quantitative estimate of drug-likeness (QED) is 0.147. The molecule has 1 spiro atoms. The molecule has 6 aromatic carbocycles. The smallest absolute Gasteiger partial charge is 0.357 e. The first-order chi connectivity index (χ1) is 27.2. The summed E-state index contributed by atoms with van der Waals surface area (Å²) >= 11 is 0. The Hall–Kier alpha value is -5.94. The van der Waals surface area contributed by atoms with E-state index in [1.807, 2.05) is 0 Å². The number of allylic oxidation sites excluding steroid dienone is 2. The Bertz CT molecular complexity index is 2970. The summed E-state index contributed by atoms with van der Waals surface area (Å²) in [6.45, 7) is 5.01. The second-order valence-electron chi connectivity index (χ2n) is 17.7. The number of anilines is 4. The van der Waals surface area contributed by atoms with Gasteiger partial charge in [0.2, 0.25) is 0 Å². The van der Waals surface area contributed by atoms with Crippen LogP contribution in [0.25, 0.3) is 33.1 Å². The van der Waals surface area contributed by atoms with E-state index >= 15 is 0 Å². The molecule has 2 fully saturated rings. The van der Waals surface area contributed by atoms with E-state index in [1.165, 1.54) is 116 Å². The van der Waals surface area contributed by atoms with Gasteiger partial charge in [0.05, 0.1) is 22.5 Å². The minimum Gasteiger partial charge on any atom is -0.456 e. The molecule has 1 aromatic heterocycles. The van der Waals surface area contributed by atoms with E-state index in [4.69, 9.17) is 11.0 Å². The SMILES string of the molecule is C=C1C2=C(C3CC4CC(CC2C4)C3)N2c3cccc4c3B(c3c5c(cc6c3oc3ccccc36)C3(c6ccccc6-c6ccccc63)c3ccccc3N45)N12. The summed E-state index contributed by atoms with van der Waals surface area (Å²) < 4.78 is 7.17. The highest BCUT2D eigenvalue weighted by molar-refractivity contribution is 6.90. The van der Waals surface area contributed by atoms with Crippen molar-refractivity contribution in [1.29, 1.82) is 0 Å². The monoisotopic (exact) mass is 705 g/mol. The maximum Gasteiger partial charge on any atom is 0.357 e. The van der Waals surface area contributed by atoms with Crippen LogP contribution in [-0.4, -0.2) is 11.8 Å². The van der Waals surface area contributed by atoms with Crippen molar-refractivity contribution in [3.8, 4) is 11.1 Å². The highest BCUT2D eigenvalue weighted by Crippen LogP contribution is 2.66. The molecule has 2 atom stereocenters. The summed E-state index contributed by atoms with van der Waals surface area (Å²) in [6.07, 6.45) is 6.71. The van der Waals surface area contributed by atoms with E-state index in [-0.39, 0.29) is 6.85 Å². The fraction of sp³-hybridized carbons (Fsp3) is 0.200. The zero-order valence-electron chi connectivity index (χ0n) is 30.4. The third-order valence-corrected chi connectivity index (χ3v) is 15.4. The van der Waals surface area contributed by atoms with Gasteiger partial charge in [-0.25, -0.2) is 0 Å². The van der Waals surface area contributed by atoms with Crippen molar-refractivity contribution >= 4 is 62.5 Å². The topological polar surface area (TPSA) is 22.9 Å². The lowest BCUT2D eigenvalue weighted by molar-refractivity contribution is 0.134. The molecule has 9 aliphatic rings. The Labute approximate surface area is 320 Å². The Morgan fingerprint density at radius 3 is 2.05 bits per heavy atom. The van der Waals surface area contributed by atoms with Crippen LogP contribution in [-0.2, 0) is 5.41 Å². The van der Waals surface area contributed by atoms with Crippen LogP contribution >= 0.6 is 0 Å². The first kappa shape index (κ1) is 28.5. The van der Waals surface area contributed by atoms with Gasteiger partial charge in [0.25, 0.3) is 0 Å². The summed E-state index contributed by atoms with van der Waals surface area (Å²) in [5, 5.41) is 5.05. The van der Waals surface area contributed by atoms with Gasteiger partial charge in [0.15, 0.2) is 0 Å². The first-order valence-electron chi connectivity index (χ1n) is 20.4. The molecule has 0 N–H and O–H groups in total. The Kier molecular flexibility index (Phi) is 4.81. The largest absolute Gasteiger partial charge is 0.456 e. The maximum absolute atomic E-state index is 7.17. The van der Waals surface area contributed by atoms with E-state index in [2.05, 4.69) is 136 Å². The summed E-state index contributed by atoms with van der Waals surface area (Å²) in [5.74, 6) is 2.89. The van der Waals surface area contributed by atoms with Gasteiger partial charge in [-0.05, 0) is 114 Å². The highest BCUT2D eigenvalue weighted by Gasteiger charge is 2.61. The van der Waals surface area contributed by atoms with Crippen molar-refractivity contribution in [3.05, 3.63) is 167 Å². The van der Waals surface area contributed by atoms with Gasteiger partial charge in [-0.15, -0.1) is 0 Å². The molecule has 4 nitrogen and oxygen atoms in total. The summed E-state index contributed by atoms with van der Waals surface area (Å²) in [7, 11) is 0. The minimum absolute atomic E-state index is 0.0654. The molecular weight excluding hydrogens is 669 g/mol. The van der Waals surface area contributed by atoms with Crippen molar-refractivity contribution < 1.29 is 4.42 Å². The summed E-state index contributed by atoms with van der Waals surface area (Å²) in [5.41, 5.74) is 21.6. The fourth-order valence-corrected chi connectivity index (χ4v) is 13.8. The predicted molar refractivity (Wildman–Crippen MR) is 222 cm³/mol. The van der Waals surface area contributed by atoms with E-state index in [0.29, 0.717) is 11.8 Å². The van der Waals surface area contributed by atoms with Crippen molar-refractivity contribution in [1.82, 2.24) is 4.92 Å². The summed E-state index contributed by atoms with van der Waals surface area (Å²) in [6, 6.07) is 45.9. The van der Waals surface area contributed by atoms with Crippen LogP contribution in [0, 0.1) is 23.7 Å². The number of hydrazine groups is 1. The molecule has 2 unspecified atom stereocenters. The van der Waals surface area contributed by atoms with Crippen LogP contribution in [0.3, 0.4) is 0 Å². The molecule has 5 heterocycles. The fourth-order valence-electron chi connectivity index (χ4n) is 13.8. The lowest BCUT2D eigenvalue weighted by Crippen LogP contribution is -2.59. The molecule has 0 radical (unpaired) electrons. The second kappa shape index (κ2) is 9.29. The van der Waals surface area contributed by atoms with Crippen molar-refractivity contribution in [2.45, 2.75) is 37.5 Å². The van der Waals surface area contributed by atoms with Gasteiger partial charge in [0.1, 0.15) is 11.2 Å². The number of hydrogen-bond acceptors (Lipinski definition) is 4. The molecule has 5 aliphatic carbocycles. The average molecular weight is 706 g/mol. The first-order valence-corrected chi connectivity index (χ1v) is 20.4. The Morgan fingerprint density at radius 2 is 1.25 bits per heavy atom. The molecule has 4 aliphatic heterocycles. The van der Waals surface area contributed by atoms with Gasteiger partial charge in [-0.3, -0.25) is 5.01 Å². The Balaban J connectivity index is 1.12. The number of benzene rings is 6. The van der Waals surface area contributed by atoms with Crippen LogP contribution in [0.4, 0.5) is 22.7 Å². The maximum atomic E-state index is 7.17. The van der Waals surface area contributed by atoms with Crippen LogP contribution in [0.15, 0.2) is 149 Å². The number of hydrogen-bond donors (Lipinski definition) is 0. The van der Waals surface area contributed by atoms with Crippen molar-refractivity contribution in [2.24, 2.45) is 23.7 Å². The number of nitrogens with zero attached hydrogens (tertiary/aromatic N) is 3. The van der Waals surface area contributed by atoms with Gasteiger partial charge < -0.3 is 14.2 Å². The van der Waals surface area contributed by atoms with E-state index in [9.17, 15) is 0 Å². The molecule has 16 rings (SSSR count).